The van der Waals surface area contributed by atoms with Crippen molar-refractivity contribution < 1.29 is 14.3 Å². The van der Waals surface area contributed by atoms with Gasteiger partial charge in [0.2, 0.25) is 0 Å². The maximum atomic E-state index is 9.69. The van der Waals surface area contributed by atoms with E-state index in [-0.39, 0.29) is 29.5 Å². The average molecular weight is 484 g/mol. The summed E-state index contributed by atoms with van der Waals surface area (Å²) in [4.78, 5) is 21.8. The number of thioether (sulfide) groups is 1. The Balaban J connectivity index is 0.000000423. The lowest BCUT2D eigenvalue weighted by Crippen LogP contribution is -2.59. The van der Waals surface area contributed by atoms with Crippen LogP contribution in [0.4, 0.5) is 9.59 Å². The van der Waals surface area contributed by atoms with Gasteiger partial charge in [-0.3, -0.25) is 14.5 Å². The van der Waals surface area contributed by atoms with Crippen LogP contribution in [0.5, 0.6) is 0 Å². The fourth-order valence-electron chi connectivity index (χ4n) is 3.02. The number of ether oxygens (including phenoxy) is 1. The second-order valence-corrected chi connectivity index (χ2v) is 9.88. The quantitative estimate of drug-likeness (QED) is 0.601. The molecular weight excluding hydrogens is 457 g/mol. The normalized spacial score (nSPS) is 15.4. The standard InChI is InChI=1S/C20H23Cl2NO.C2H4N2O2S/c1-20(2,3)23-12-16(13-23)24-19(14-8-10-15(21)11-9-14)17-6-4-5-7-18(17)22;3-1(5)7-2(4)6/h4-11,16,19H,12-13H2,1-3H3;(H2,3,5)(H2,4,6)/t19-;/m0./s1. The van der Waals surface area contributed by atoms with Gasteiger partial charge in [0, 0.05) is 46.0 Å². The van der Waals surface area contributed by atoms with E-state index in [1.54, 1.807) is 0 Å². The molecule has 0 aliphatic carbocycles. The Kier molecular flexibility index (Phi) is 9.21. The maximum absolute atomic E-state index is 9.69. The number of primary amides is 2. The molecule has 9 heteroatoms. The first-order chi connectivity index (χ1) is 14.5. The maximum Gasteiger partial charge on any atom is 0.285 e. The van der Waals surface area contributed by atoms with Crippen LogP contribution >= 0.6 is 35.0 Å². The van der Waals surface area contributed by atoms with Gasteiger partial charge >= 0.3 is 0 Å². The van der Waals surface area contributed by atoms with Gasteiger partial charge in [0.05, 0.1) is 6.10 Å². The van der Waals surface area contributed by atoms with Gasteiger partial charge in [0.15, 0.2) is 0 Å². The van der Waals surface area contributed by atoms with Crippen molar-refractivity contribution in [2.24, 2.45) is 11.5 Å². The summed E-state index contributed by atoms with van der Waals surface area (Å²) >= 11 is 12.8. The molecule has 0 saturated carbocycles. The Morgan fingerprint density at radius 1 is 1.03 bits per heavy atom. The van der Waals surface area contributed by atoms with Crippen molar-refractivity contribution in [3.8, 4) is 0 Å². The van der Waals surface area contributed by atoms with E-state index < -0.39 is 10.5 Å². The highest BCUT2D eigenvalue weighted by atomic mass is 35.5. The van der Waals surface area contributed by atoms with E-state index in [2.05, 4.69) is 37.1 Å². The number of halogens is 2. The minimum atomic E-state index is -0.771. The van der Waals surface area contributed by atoms with Crippen molar-refractivity contribution in [2.45, 2.75) is 38.5 Å². The smallest absolute Gasteiger partial charge is 0.285 e. The van der Waals surface area contributed by atoms with E-state index in [9.17, 15) is 9.59 Å². The monoisotopic (exact) mass is 483 g/mol. The van der Waals surface area contributed by atoms with Gasteiger partial charge in [-0.25, -0.2) is 0 Å². The van der Waals surface area contributed by atoms with Gasteiger partial charge < -0.3 is 16.2 Å². The molecule has 2 aromatic carbocycles. The van der Waals surface area contributed by atoms with Crippen LogP contribution in [0.3, 0.4) is 0 Å². The lowest BCUT2D eigenvalue weighted by atomic mass is 9.97. The van der Waals surface area contributed by atoms with E-state index in [0.717, 1.165) is 34.3 Å². The third kappa shape index (κ3) is 8.01. The second kappa shape index (κ2) is 11.2. The molecule has 1 aliphatic rings. The highest BCUT2D eigenvalue weighted by molar-refractivity contribution is 8.25. The molecule has 0 spiro atoms. The lowest BCUT2D eigenvalue weighted by molar-refractivity contribution is -0.109. The number of rotatable bonds is 4. The van der Waals surface area contributed by atoms with Gasteiger partial charge in [-0.2, -0.15) is 0 Å². The molecule has 1 saturated heterocycles. The lowest BCUT2D eigenvalue weighted by Gasteiger charge is -2.48. The molecule has 4 N–H and O–H groups in total. The first-order valence-electron chi connectivity index (χ1n) is 9.64. The van der Waals surface area contributed by atoms with E-state index in [1.165, 1.54) is 0 Å². The third-order valence-corrected chi connectivity index (χ3v) is 5.69. The average Bonchev–Trinajstić information content (AvgIpc) is 2.61. The summed E-state index contributed by atoms with van der Waals surface area (Å²) in [5.74, 6) is 0. The molecule has 1 atom stereocenters. The summed E-state index contributed by atoms with van der Waals surface area (Å²) < 4.78 is 6.44. The SMILES string of the molecule is CC(C)(C)N1CC(O[C@@H](c2ccc(Cl)cc2)c2ccccc2Cl)C1.NC(=O)SC(N)=O. The van der Waals surface area contributed by atoms with Crippen molar-refractivity contribution in [1.29, 1.82) is 0 Å². The predicted octanol–water partition coefficient (Wildman–Crippen LogP) is 5.46. The van der Waals surface area contributed by atoms with Crippen LogP contribution in [0.1, 0.15) is 38.0 Å². The van der Waals surface area contributed by atoms with E-state index in [1.807, 2.05) is 48.5 Å². The Bertz CT molecular complexity index is 886. The summed E-state index contributed by atoms with van der Waals surface area (Å²) in [5, 5.41) is -0.0938. The van der Waals surface area contributed by atoms with Crippen LogP contribution in [-0.2, 0) is 4.74 Å². The largest absolute Gasteiger partial charge is 0.363 e. The molecule has 2 amide bonds. The van der Waals surface area contributed by atoms with Crippen LogP contribution < -0.4 is 11.5 Å². The molecule has 0 bridgehead atoms. The fourth-order valence-corrected chi connectivity index (χ4v) is 3.58. The van der Waals surface area contributed by atoms with Crippen LogP contribution in [0.25, 0.3) is 0 Å². The molecule has 0 radical (unpaired) electrons. The van der Waals surface area contributed by atoms with E-state index in [0.29, 0.717) is 0 Å². The summed E-state index contributed by atoms with van der Waals surface area (Å²) in [6, 6.07) is 15.7. The summed E-state index contributed by atoms with van der Waals surface area (Å²) in [6.45, 7) is 8.58. The van der Waals surface area contributed by atoms with Gasteiger partial charge in [-0.1, -0.05) is 53.5 Å². The zero-order chi connectivity index (χ0) is 23.2. The van der Waals surface area contributed by atoms with Crippen LogP contribution in [0.15, 0.2) is 48.5 Å². The highest BCUT2D eigenvalue weighted by Gasteiger charge is 2.37. The first-order valence-corrected chi connectivity index (χ1v) is 11.2. The Labute approximate surface area is 197 Å². The molecule has 0 unspecified atom stereocenters. The number of amides is 2. The zero-order valence-corrected chi connectivity index (χ0v) is 20.0. The molecular formula is C22H27Cl2N3O3S. The molecule has 0 aromatic heterocycles. The van der Waals surface area contributed by atoms with E-state index >= 15 is 0 Å². The molecule has 3 rings (SSSR count). The summed E-state index contributed by atoms with van der Waals surface area (Å²) in [7, 11) is 0. The van der Waals surface area contributed by atoms with Crippen molar-refractivity contribution >= 4 is 45.4 Å². The first kappa shape index (κ1) is 25.5. The van der Waals surface area contributed by atoms with Crippen LogP contribution in [0, 0.1) is 0 Å². The number of carbonyl (C=O) groups is 2. The van der Waals surface area contributed by atoms with Crippen molar-refractivity contribution in [2.75, 3.05) is 13.1 Å². The van der Waals surface area contributed by atoms with Crippen molar-refractivity contribution in [1.82, 2.24) is 4.90 Å². The molecule has 168 valence electrons. The summed E-state index contributed by atoms with van der Waals surface area (Å²) in [5.41, 5.74) is 11.3. The number of nitrogens with zero attached hydrogens (tertiary/aromatic N) is 1. The number of benzene rings is 2. The minimum Gasteiger partial charge on any atom is -0.363 e. The fraction of sp³-hybridized carbons (Fsp3) is 0.364. The Morgan fingerprint density at radius 3 is 2.03 bits per heavy atom. The van der Waals surface area contributed by atoms with Gasteiger partial charge in [0.1, 0.15) is 6.10 Å². The van der Waals surface area contributed by atoms with Gasteiger partial charge in [0.25, 0.3) is 10.5 Å². The zero-order valence-electron chi connectivity index (χ0n) is 17.7. The second-order valence-electron chi connectivity index (χ2n) is 8.03. The number of hydrogen-bond acceptors (Lipinski definition) is 5. The predicted molar refractivity (Wildman–Crippen MR) is 128 cm³/mol. The van der Waals surface area contributed by atoms with Crippen LogP contribution in [-0.4, -0.2) is 40.1 Å². The molecule has 31 heavy (non-hydrogen) atoms. The summed E-state index contributed by atoms with van der Waals surface area (Å²) in [6.07, 6.45) is 0.0317. The molecule has 1 aliphatic heterocycles. The highest BCUT2D eigenvalue weighted by Crippen LogP contribution is 2.35. The minimum absolute atomic E-state index is 0.178. The van der Waals surface area contributed by atoms with E-state index in [4.69, 9.17) is 27.9 Å². The molecule has 1 heterocycles. The third-order valence-electron chi connectivity index (χ3n) is 4.69. The van der Waals surface area contributed by atoms with Gasteiger partial charge in [-0.05, 0) is 44.5 Å². The topological polar surface area (TPSA) is 98.7 Å². The molecule has 1 fully saturated rings. The van der Waals surface area contributed by atoms with Crippen molar-refractivity contribution in [3.05, 3.63) is 69.7 Å². The Hall–Kier alpha value is -1.77. The molecule has 6 nitrogen and oxygen atoms in total. The number of likely N-dealkylation sites (tertiary alicyclic amines) is 1. The van der Waals surface area contributed by atoms with Crippen molar-refractivity contribution in [3.63, 3.8) is 0 Å². The number of nitrogens with two attached hydrogens (primary N) is 2. The number of hydrogen-bond donors (Lipinski definition) is 2. The number of carbonyl (C=O) groups excluding carboxylic acids is 2. The molecule has 2 aromatic rings. The van der Waals surface area contributed by atoms with Crippen LogP contribution in [0.2, 0.25) is 10.0 Å². The van der Waals surface area contributed by atoms with Gasteiger partial charge in [-0.15, -0.1) is 0 Å². The Morgan fingerprint density at radius 2 is 1.58 bits per heavy atom.